The molecular weight excluding hydrogens is 332 g/mol. The highest BCUT2D eigenvalue weighted by molar-refractivity contribution is 9.10. The van der Waals surface area contributed by atoms with Crippen molar-refractivity contribution in [2.24, 2.45) is 0 Å². The zero-order valence-corrected chi connectivity index (χ0v) is 12.6. The molecule has 2 rings (SSSR count). The molecule has 0 aliphatic carbocycles. The van der Waals surface area contributed by atoms with E-state index in [1.807, 2.05) is 0 Å². The van der Waals surface area contributed by atoms with E-state index in [1.54, 1.807) is 18.2 Å². The minimum Gasteiger partial charge on any atom is -0.398 e. The maximum Gasteiger partial charge on any atom is 0.253 e. The third-order valence-corrected chi connectivity index (χ3v) is 5.98. The molecule has 1 aliphatic heterocycles. The van der Waals surface area contributed by atoms with E-state index in [0.717, 1.165) is 4.47 Å². The average Bonchev–Trinajstić information content (AvgIpc) is 2.68. The first-order valence-electron chi connectivity index (χ1n) is 5.95. The van der Waals surface area contributed by atoms with Crippen molar-refractivity contribution in [2.75, 3.05) is 18.0 Å². The Balaban J connectivity index is 2.04. The van der Waals surface area contributed by atoms with Crippen LogP contribution in [0.25, 0.3) is 0 Å². The van der Waals surface area contributed by atoms with Crippen LogP contribution in [-0.4, -0.2) is 31.9 Å². The fourth-order valence-corrected chi connectivity index (χ4v) is 4.24. The maximum absolute atomic E-state index is 12.0. The number of benzene rings is 1. The molecule has 1 heterocycles. The number of rotatable bonds is 3. The molecule has 0 saturated carbocycles. The van der Waals surface area contributed by atoms with Crippen LogP contribution in [0.15, 0.2) is 22.7 Å². The second kappa shape index (κ2) is 5.50. The number of hydrogen-bond acceptors (Lipinski definition) is 4. The Bertz CT molecular complexity index is 601. The van der Waals surface area contributed by atoms with Crippen molar-refractivity contribution < 1.29 is 13.2 Å². The van der Waals surface area contributed by atoms with Gasteiger partial charge in [0.25, 0.3) is 5.91 Å². The van der Waals surface area contributed by atoms with Gasteiger partial charge >= 0.3 is 0 Å². The lowest BCUT2D eigenvalue weighted by molar-refractivity contribution is 0.0954. The van der Waals surface area contributed by atoms with Gasteiger partial charge in [-0.3, -0.25) is 4.79 Å². The first kappa shape index (κ1) is 14.3. The Morgan fingerprint density at radius 2 is 2.21 bits per heavy atom. The monoisotopic (exact) mass is 346 g/mol. The Morgan fingerprint density at radius 3 is 2.84 bits per heavy atom. The summed E-state index contributed by atoms with van der Waals surface area (Å²) in [4.78, 5) is 12.0. The van der Waals surface area contributed by atoms with Gasteiger partial charge < -0.3 is 11.1 Å². The molecule has 0 radical (unpaired) electrons. The van der Waals surface area contributed by atoms with Gasteiger partial charge in [0.2, 0.25) is 0 Å². The first-order valence-corrected chi connectivity index (χ1v) is 8.46. The van der Waals surface area contributed by atoms with Crippen molar-refractivity contribution in [2.45, 2.75) is 18.1 Å². The molecule has 104 valence electrons. The molecule has 1 atom stereocenters. The number of carbonyl (C=O) groups excluding carboxylic acids is 1. The van der Waals surface area contributed by atoms with E-state index in [1.165, 1.54) is 0 Å². The topological polar surface area (TPSA) is 89.3 Å². The van der Waals surface area contributed by atoms with Crippen LogP contribution in [0.3, 0.4) is 0 Å². The second-order valence-corrected chi connectivity index (χ2v) is 7.89. The number of sulfone groups is 1. The molecule has 7 heteroatoms. The minimum absolute atomic E-state index is 0.146. The minimum atomic E-state index is -3.04. The SMILES string of the molecule is Nc1ccc(Br)cc1C(=O)NCC1CCCS1(=O)=O. The summed E-state index contributed by atoms with van der Waals surface area (Å²) >= 11 is 3.27. The first-order chi connectivity index (χ1) is 8.90. The van der Waals surface area contributed by atoms with Crippen molar-refractivity contribution >= 4 is 37.4 Å². The zero-order chi connectivity index (χ0) is 14.0. The van der Waals surface area contributed by atoms with Gasteiger partial charge in [-0.25, -0.2) is 8.42 Å². The lowest BCUT2D eigenvalue weighted by Gasteiger charge is -2.12. The number of amides is 1. The summed E-state index contributed by atoms with van der Waals surface area (Å²) in [6, 6.07) is 4.99. The van der Waals surface area contributed by atoms with Crippen molar-refractivity contribution in [1.82, 2.24) is 5.32 Å². The van der Waals surface area contributed by atoms with Crippen LogP contribution in [0, 0.1) is 0 Å². The average molecular weight is 347 g/mol. The lowest BCUT2D eigenvalue weighted by Crippen LogP contribution is -2.34. The van der Waals surface area contributed by atoms with Gasteiger partial charge in [0, 0.05) is 16.7 Å². The molecule has 1 aliphatic rings. The molecule has 1 fully saturated rings. The van der Waals surface area contributed by atoms with Gasteiger partial charge in [-0.2, -0.15) is 0 Å². The van der Waals surface area contributed by atoms with Crippen LogP contribution in [0.4, 0.5) is 5.69 Å². The van der Waals surface area contributed by atoms with E-state index in [4.69, 9.17) is 5.73 Å². The summed E-state index contributed by atoms with van der Waals surface area (Å²) in [7, 11) is -3.04. The van der Waals surface area contributed by atoms with Crippen LogP contribution < -0.4 is 11.1 Å². The second-order valence-electron chi connectivity index (χ2n) is 4.57. The van der Waals surface area contributed by atoms with Crippen LogP contribution in [-0.2, 0) is 9.84 Å². The van der Waals surface area contributed by atoms with Gasteiger partial charge in [0.05, 0.1) is 16.6 Å². The number of halogens is 1. The Labute approximate surface area is 120 Å². The van der Waals surface area contributed by atoms with Crippen LogP contribution >= 0.6 is 15.9 Å². The predicted octanol–water partition coefficient (Wildman–Crippen LogP) is 1.34. The Morgan fingerprint density at radius 1 is 1.47 bits per heavy atom. The molecule has 1 amide bonds. The van der Waals surface area contributed by atoms with Gasteiger partial charge in [0.1, 0.15) is 0 Å². The van der Waals surface area contributed by atoms with Gasteiger partial charge in [-0.05, 0) is 31.0 Å². The quantitative estimate of drug-likeness (QED) is 0.808. The number of nitrogen functional groups attached to an aromatic ring is 1. The Kier molecular flexibility index (Phi) is 4.15. The third-order valence-electron chi connectivity index (χ3n) is 3.21. The number of nitrogens with two attached hydrogens (primary N) is 1. The molecule has 0 aromatic heterocycles. The highest BCUT2D eigenvalue weighted by atomic mass is 79.9. The summed E-state index contributed by atoms with van der Waals surface area (Å²) in [6.45, 7) is 0.146. The normalized spacial score (nSPS) is 21.2. The van der Waals surface area contributed by atoms with E-state index < -0.39 is 15.1 Å². The summed E-state index contributed by atoms with van der Waals surface area (Å²) in [5.41, 5.74) is 6.45. The summed E-state index contributed by atoms with van der Waals surface area (Å²) in [6.07, 6.45) is 1.28. The van der Waals surface area contributed by atoms with Gasteiger partial charge in [0.15, 0.2) is 9.84 Å². The van der Waals surface area contributed by atoms with E-state index in [0.29, 0.717) is 24.1 Å². The van der Waals surface area contributed by atoms with Crippen LogP contribution in [0.5, 0.6) is 0 Å². The maximum atomic E-state index is 12.0. The summed E-state index contributed by atoms with van der Waals surface area (Å²) in [5.74, 6) is -0.132. The molecule has 5 nitrogen and oxygen atoms in total. The van der Waals surface area contributed by atoms with Crippen LogP contribution in [0.1, 0.15) is 23.2 Å². The fraction of sp³-hybridized carbons (Fsp3) is 0.417. The largest absolute Gasteiger partial charge is 0.398 e. The van der Waals surface area contributed by atoms with Crippen molar-refractivity contribution in [3.63, 3.8) is 0 Å². The smallest absolute Gasteiger partial charge is 0.253 e. The molecule has 1 aromatic carbocycles. The number of hydrogen-bond donors (Lipinski definition) is 2. The molecule has 0 spiro atoms. The fourth-order valence-electron chi connectivity index (χ4n) is 2.11. The highest BCUT2D eigenvalue weighted by Crippen LogP contribution is 2.20. The van der Waals surface area contributed by atoms with E-state index >= 15 is 0 Å². The third kappa shape index (κ3) is 3.27. The molecule has 19 heavy (non-hydrogen) atoms. The van der Waals surface area contributed by atoms with Crippen molar-refractivity contribution in [3.05, 3.63) is 28.2 Å². The molecule has 0 bridgehead atoms. The van der Waals surface area contributed by atoms with E-state index in [2.05, 4.69) is 21.2 Å². The zero-order valence-electron chi connectivity index (χ0n) is 10.2. The van der Waals surface area contributed by atoms with Gasteiger partial charge in [-0.1, -0.05) is 15.9 Å². The molecule has 3 N–H and O–H groups in total. The molecule has 1 aromatic rings. The summed E-state index contributed by atoms with van der Waals surface area (Å²) in [5, 5.41) is 2.18. The van der Waals surface area contributed by atoms with E-state index in [-0.39, 0.29) is 18.2 Å². The summed E-state index contributed by atoms with van der Waals surface area (Å²) < 4.78 is 24.0. The highest BCUT2D eigenvalue weighted by Gasteiger charge is 2.31. The molecular formula is C12H15BrN2O3S. The number of anilines is 1. The van der Waals surface area contributed by atoms with Crippen molar-refractivity contribution in [3.8, 4) is 0 Å². The van der Waals surface area contributed by atoms with Crippen molar-refractivity contribution in [1.29, 1.82) is 0 Å². The number of carbonyl (C=O) groups is 1. The lowest BCUT2D eigenvalue weighted by atomic mass is 10.1. The Hall–Kier alpha value is -1.08. The molecule has 1 saturated heterocycles. The number of nitrogens with one attached hydrogen (secondary N) is 1. The van der Waals surface area contributed by atoms with E-state index in [9.17, 15) is 13.2 Å². The van der Waals surface area contributed by atoms with Crippen LogP contribution in [0.2, 0.25) is 0 Å². The predicted molar refractivity (Wildman–Crippen MR) is 77.7 cm³/mol. The van der Waals surface area contributed by atoms with Gasteiger partial charge in [-0.15, -0.1) is 0 Å². The standard InChI is InChI=1S/C12H15BrN2O3S/c13-8-3-4-11(14)10(6-8)12(16)15-7-9-2-1-5-19(9,17)18/h3-4,6,9H,1-2,5,7,14H2,(H,15,16). The molecule has 1 unspecified atom stereocenters.